The lowest BCUT2D eigenvalue weighted by Crippen LogP contribution is -2.15. The summed E-state index contributed by atoms with van der Waals surface area (Å²) in [5, 5.41) is 13.6. The Bertz CT molecular complexity index is 976. The second-order valence-electron chi connectivity index (χ2n) is 5.68. The molecule has 0 radical (unpaired) electrons. The Hall–Kier alpha value is -3.08. The van der Waals surface area contributed by atoms with Crippen molar-refractivity contribution in [1.82, 2.24) is 20.2 Å². The molecule has 1 aromatic heterocycles. The number of nitrogens with zero attached hydrogens (tertiary/aromatic N) is 4. The van der Waals surface area contributed by atoms with E-state index in [0.717, 1.165) is 22.5 Å². The summed E-state index contributed by atoms with van der Waals surface area (Å²) in [7, 11) is 0. The Kier molecular flexibility index (Phi) is 6.37. The lowest BCUT2D eigenvalue weighted by Gasteiger charge is -2.12. The van der Waals surface area contributed by atoms with E-state index in [2.05, 4.69) is 20.8 Å². The fourth-order valence-electron chi connectivity index (χ4n) is 2.45. The number of para-hydroxylation sites is 1. The number of carbonyl (C=O) groups is 1. The Balaban J connectivity index is 1.67. The number of benzene rings is 2. The van der Waals surface area contributed by atoms with Gasteiger partial charge in [0.2, 0.25) is 11.1 Å². The standard InChI is InChI=1S/C18H16F3N5O2S/c1-2-28-13-9-7-12(8-10-13)22-16(27)11-29-17-23-24-25-26(17)15-6-4-3-5-14(15)18(19,20)21/h3-10H,2,11H2,1H3,(H,22,27). The number of hydrogen-bond donors (Lipinski definition) is 1. The molecule has 0 atom stereocenters. The highest BCUT2D eigenvalue weighted by atomic mass is 32.2. The molecule has 7 nitrogen and oxygen atoms in total. The molecule has 3 rings (SSSR count). The Morgan fingerprint density at radius 2 is 1.90 bits per heavy atom. The number of thioether (sulfide) groups is 1. The van der Waals surface area contributed by atoms with Crippen molar-refractivity contribution >= 4 is 23.4 Å². The minimum Gasteiger partial charge on any atom is -0.494 e. The fraction of sp³-hybridized carbons (Fsp3) is 0.222. The molecule has 0 aliphatic rings. The molecule has 0 saturated carbocycles. The molecule has 11 heteroatoms. The fourth-order valence-corrected chi connectivity index (χ4v) is 3.13. The van der Waals surface area contributed by atoms with Crippen molar-refractivity contribution in [2.45, 2.75) is 18.3 Å². The quantitative estimate of drug-likeness (QED) is 0.582. The average molecular weight is 423 g/mol. The van der Waals surface area contributed by atoms with Crippen LogP contribution in [0.3, 0.4) is 0 Å². The SMILES string of the molecule is CCOc1ccc(NC(=O)CSc2nnnn2-c2ccccc2C(F)(F)F)cc1. The van der Waals surface area contributed by atoms with Gasteiger partial charge in [-0.15, -0.1) is 5.10 Å². The summed E-state index contributed by atoms with van der Waals surface area (Å²) in [5.74, 6) is 0.252. The first-order valence-electron chi connectivity index (χ1n) is 8.49. The largest absolute Gasteiger partial charge is 0.494 e. The predicted octanol–water partition coefficient (Wildman–Crippen LogP) is 3.81. The molecule has 0 aliphatic carbocycles. The summed E-state index contributed by atoms with van der Waals surface area (Å²) in [6.07, 6.45) is -4.56. The molecule has 0 spiro atoms. The van der Waals surface area contributed by atoms with Crippen LogP contribution in [0, 0.1) is 0 Å². The third-order valence-corrected chi connectivity index (χ3v) is 4.58. The van der Waals surface area contributed by atoms with Crippen LogP contribution in [0.5, 0.6) is 5.75 Å². The summed E-state index contributed by atoms with van der Waals surface area (Å²) in [5.41, 5.74) is -0.506. The van der Waals surface area contributed by atoms with Crippen LogP contribution >= 0.6 is 11.8 Å². The van der Waals surface area contributed by atoms with Crippen molar-refractivity contribution < 1.29 is 22.7 Å². The zero-order chi connectivity index (χ0) is 20.9. The van der Waals surface area contributed by atoms with E-state index in [1.165, 1.54) is 18.2 Å². The van der Waals surface area contributed by atoms with Crippen molar-refractivity contribution in [2.24, 2.45) is 0 Å². The predicted molar refractivity (Wildman–Crippen MR) is 101 cm³/mol. The van der Waals surface area contributed by atoms with E-state index in [0.29, 0.717) is 18.0 Å². The van der Waals surface area contributed by atoms with Crippen LogP contribution in [0.1, 0.15) is 12.5 Å². The number of halogens is 3. The van der Waals surface area contributed by atoms with E-state index in [1.807, 2.05) is 6.92 Å². The number of alkyl halides is 3. The first kappa shape index (κ1) is 20.6. The third-order valence-electron chi connectivity index (χ3n) is 3.66. The maximum Gasteiger partial charge on any atom is 0.418 e. The number of aromatic nitrogens is 4. The highest BCUT2D eigenvalue weighted by Crippen LogP contribution is 2.34. The van der Waals surface area contributed by atoms with E-state index in [-0.39, 0.29) is 22.5 Å². The van der Waals surface area contributed by atoms with Gasteiger partial charge in [0.15, 0.2) is 0 Å². The van der Waals surface area contributed by atoms with Crippen molar-refractivity contribution in [3.05, 3.63) is 54.1 Å². The molecule has 29 heavy (non-hydrogen) atoms. The van der Waals surface area contributed by atoms with E-state index in [9.17, 15) is 18.0 Å². The van der Waals surface area contributed by atoms with Crippen LogP contribution in [0.15, 0.2) is 53.7 Å². The molecular weight excluding hydrogens is 407 g/mol. The zero-order valence-electron chi connectivity index (χ0n) is 15.2. The minimum atomic E-state index is -4.56. The number of amides is 1. The van der Waals surface area contributed by atoms with Gasteiger partial charge in [-0.25, -0.2) is 0 Å². The van der Waals surface area contributed by atoms with Crippen LogP contribution in [0.4, 0.5) is 18.9 Å². The second-order valence-corrected chi connectivity index (χ2v) is 6.62. The molecule has 1 N–H and O–H groups in total. The lowest BCUT2D eigenvalue weighted by atomic mass is 10.2. The zero-order valence-corrected chi connectivity index (χ0v) is 16.0. The summed E-state index contributed by atoms with van der Waals surface area (Å²) in [6, 6.07) is 11.8. The highest BCUT2D eigenvalue weighted by molar-refractivity contribution is 7.99. The van der Waals surface area contributed by atoms with Crippen molar-refractivity contribution in [3.63, 3.8) is 0 Å². The summed E-state index contributed by atoms with van der Waals surface area (Å²) >= 11 is 0.929. The van der Waals surface area contributed by atoms with Gasteiger partial charge in [0.1, 0.15) is 5.75 Å². The first-order valence-corrected chi connectivity index (χ1v) is 9.47. The summed E-state index contributed by atoms with van der Waals surface area (Å²) in [4.78, 5) is 12.2. The molecule has 1 heterocycles. The van der Waals surface area contributed by atoms with Crippen molar-refractivity contribution in [1.29, 1.82) is 0 Å². The van der Waals surface area contributed by atoms with Crippen LogP contribution in [-0.2, 0) is 11.0 Å². The third kappa shape index (κ3) is 5.25. The van der Waals surface area contributed by atoms with E-state index in [1.54, 1.807) is 24.3 Å². The Labute approximate surface area is 168 Å². The van der Waals surface area contributed by atoms with Gasteiger partial charge in [-0.05, 0) is 53.7 Å². The van der Waals surface area contributed by atoms with Crippen LogP contribution in [0.25, 0.3) is 5.69 Å². The van der Waals surface area contributed by atoms with Gasteiger partial charge in [-0.1, -0.05) is 23.9 Å². The molecule has 2 aromatic carbocycles. The lowest BCUT2D eigenvalue weighted by molar-refractivity contribution is -0.137. The maximum absolute atomic E-state index is 13.2. The van der Waals surface area contributed by atoms with E-state index < -0.39 is 11.7 Å². The molecule has 0 bridgehead atoms. The topological polar surface area (TPSA) is 81.9 Å². The first-order chi connectivity index (χ1) is 13.9. The second kappa shape index (κ2) is 8.95. The number of ether oxygens (including phenoxy) is 1. The normalized spacial score (nSPS) is 11.3. The van der Waals surface area contributed by atoms with Gasteiger partial charge in [0.05, 0.1) is 23.6 Å². The molecule has 3 aromatic rings. The molecular formula is C18H16F3N5O2S. The van der Waals surface area contributed by atoms with Crippen LogP contribution < -0.4 is 10.1 Å². The number of nitrogens with one attached hydrogen (secondary N) is 1. The van der Waals surface area contributed by atoms with Gasteiger partial charge in [-0.3, -0.25) is 4.79 Å². The number of rotatable bonds is 7. The number of tetrazole rings is 1. The average Bonchev–Trinajstić information content (AvgIpc) is 3.16. The van der Waals surface area contributed by atoms with Gasteiger partial charge in [0, 0.05) is 5.69 Å². The molecule has 0 saturated heterocycles. The Morgan fingerprint density at radius 1 is 1.17 bits per heavy atom. The molecule has 1 amide bonds. The molecule has 152 valence electrons. The van der Waals surface area contributed by atoms with Crippen LogP contribution in [-0.4, -0.2) is 38.5 Å². The molecule has 0 fully saturated rings. The maximum atomic E-state index is 13.2. The monoisotopic (exact) mass is 423 g/mol. The van der Waals surface area contributed by atoms with Crippen LogP contribution in [0.2, 0.25) is 0 Å². The molecule has 0 aliphatic heterocycles. The van der Waals surface area contributed by atoms with Gasteiger partial charge >= 0.3 is 6.18 Å². The molecule has 0 unspecified atom stereocenters. The van der Waals surface area contributed by atoms with Gasteiger partial charge in [0.25, 0.3) is 0 Å². The van der Waals surface area contributed by atoms with E-state index >= 15 is 0 Å². The summed E-state index contributed by atoms with van der Waals surface area (Å²) in [6.45, 7) is 2.40. The van der Waals surface area contributed by atoms with Gasteiger partial charge in [-0.2, -0.15) is 17.9 Å². The van der Waals surface area contributed by atoms with Crippen molar-refractivity contribution in [3.8, 4) is 11.4 Å². The van der Waals surface area contributed by atoms with Gasteiger partial charge < -0.3 is 10.1 Å². The minimum absolute atomic E-state index is 0.0727. The summed E-state index contributed by atoms with van der Waals surface area (Å²) < 4.78 is 46.0. The Morgan fingerprint density at radius 3 is 2.59 bits per heavy atom. The highest BCUT2D eigenvalue weighted by Gasteiger charge is 2.34. The number of carbonyl (C=O) groups excluding carboxylic acids is 1. The smallest absolute Gasteiger partial charge is 0.418 e. The number of hydrogen-bond acceptors (Lipinski definition) is 6. The van der Waals surface area contributed by atoms with E-state index in [4.69, 9.17) is 4.74 Å². The number of anilines is 1. The van der Waals surface area contributed by atoms with Crippen molar-refractivity contribution in [2.75, 3.05) is 17.7 Å².